The molecular formula is C21H23N5O3S. The van der Waals surface area contributed by atoms with E-state index in [0.717, 1.165) is 29.7 Å². The van der Waals surface area contributed by atoms with E-state index in [4.69, 9.17) is 4.74 Å². The molecule has 0 radical (unpaired) electrons. The Hall–Kier alpha value is -2.78. The highest BCUT2D eigenvalue weighted by atomic mass is 32.2. The van der Waals surface area contributed by atoms with E-state index in [9.17, 15) is 9.59 Å². The topological polar surface area (TPSA) is 99.0 Å². The summed E-state index contributed by atoms with van der Waals surface area (Å²) in [6.07, 6.45) is 4.80. The van der Waals surface area contributed by atoms with Gasteiger partial charge in [0.05, 0.1) is 18.4 Å². The number of fused-ring (bicyclic) bond motifs is 1. The summed E-state index contributed by atoms with van der Waals surface area (Å²) in [5.74, 6) is -0.0429. The van der Waals surface area contributed by atoms with Gasteiger partial charge in [-0.25, -0.2) is 15.0 Å². The predicted octanol–water partition coefficient (Wildman–Crippen LogP) is 2.71. The number of hydrogen-bond acceptors (Lipinski definition) is 7. The lowest BCUT2D eigenvalue weighted by Crippen LogP contribution is -2.30. The standard InChI is InChI=1S/C21H23N5O3S/c1-13-8-14(2)10-15(9-13)24-17(27)12-30-21-25-19-18(22-5-6-23-19)20(28)26(21)11-16-4-3-7-29-16/h5-6,8-10,16H,3-4,7,11-12H2,1-2H3,(H,24,27). The molecule has 1 unspecified atom stereocenters. The normalized spacial score (nSPS) is 16.1. The number of amides is 1. The van der Waals surface area contributed by atoms with E-state index in [1.807, 2.05) is 32.0 Å². The van der Waals surface area contributed by atoms with Gasteiger partial charge in [-0.05, 0) is 49.9 Å². The van der Waals surface area contributed by atoms with E-state index in [0.29, 0.717) is 18.3 Å². The highest BCUT2D eigenvalue weighted by Crippen LogP contribution is 2.21. The minimum absolute atomic E-state index is 0.0398. The lowest BCUT2D eigenvalue weighted by Gasteiger charge is -2.16. The Labute approximate surface area is 178 Å². The number of hydrogen-bond donors (Lipinski definition) is 1. The average Bonchev–Trinajstić information content (AvgIpc) is 3.21. The van der Waals surface area contributed by atoms with Gasteiger partial charge in [0.25, 0.3) is 5.56 Å². The first kappa shape index (κ1) is 20.5. The molecule has 1 N–H and O–H groups in total. The minimum Gasteiger partial charge on any atom is -0.376 e. The van der Waals surface area contributed by atoms with Crippen LogP contribution in [0.25, 0.3) is 11.2 Å². The number of rotatable bonds is 6. The van der Waals surface area contributed by atoms with Crippen LogP contribution in [0.2, 0.25) is 0 Å². The molecule has 1 aromatic carbocycles. The van der Waals surface area contributed by atoms with Crippen LogP contribution in [-0.4, -0.2) is 43.9 Å². The fourth-order valence-corrected chi connectivity index (χ4v) is 4.36. The van der Waals surface area contributed by atoms with Crippen molar-refractivity contribution >= 4 is 34.5 Å². The van der Waals surface area contributed by atoms with Gasteiger partial charge in [-0.2, -0.15) is 0 Å². The van der Waals surface area contributed by atoms with Crippen LogP contribution in [0.1, 0.15) is 24.0 Å². The quantitative estimate of drug-likeness (QED) is 0.479. The molecular weight excluding hydrogens is 402 g/mol. The zero-order valence-corrected chi connectivity index (χ0v) is 17.7. The fraction of sp³-hybridized carbons (Fsp3) is 0.381. The predicted molar refractivity (Wildman–Crippen MR) is 116 cm³/mol. The van der Waals surface area contributed by atoms with E-state index in [-0.39, 0.29) is 34.5 Å². The molecule has 4 rings (SSSR count). The Morgan fingerprint density at radius 3 is 2.73 bits per heavy atom. The van der Waals surface area contributed by atoms with E-state index in [1.54, 1.807) is 4.57 Å². The van der Waals surface area contributed by atoms with Gasteiger partial charge in [0.1, 0.15) is 0 Å². The second-order valence-electron chi connectivity index (χ2n) is 7.39. The molecule has 2 aromatic heterocycles. The number of anilines is 1. The number of nitrogens with one attached hydrogen (secondary N) is 1. The summed E-state index contributed by atoms with van der Waals surface area (Å²) in [6.45, 7) is 5.06. The van der Waals surface area contributed by atoms with Crippen LogP contribution in [0.5, 0.6) is 0 Å². The SMILES string of the molecule is Cc1cc(C)cc(NC(=O)CSc2nc3nccnc3c(=O)n2CC2CCCO2)c1. The summed E-state index contributed by atoms with van der Waals surface area (Å²) < 4.78 is 7.25. The number of carbonyl (C=O) groups is 1. The number of benzene rings is 1. The van der Waals surface area contributed by atoms with Gasteiger partial charge in [0.2, 0.25) is 5.91 Å². The molecule has 1 aliphatic heterocycles. The van der Waals surface area contributed by atoms with E-state index < -0.39 is 0 Å². The van der Waals surface area contributed by atoms with Gasteiger partial charge in [-0.1, -0.05) is 17.8 Å². The molecule has 3 aromatic rings. The van der Waals surface area contributed by atoms with Crippen molar-refractivity contribution in [3.05, 3.63) is 52.1 Å². The third-order valence-corrected chi connectivity index (χ3v) is 5.78. The number of ether oxygens (including phenoxy) is 1. The molecule has 1 aliphatic rings. The van der Waals surface area contributed by atoms with Crippen molar-refractivity contribution in [3.63, 3.8) is 0 Å². The van der Waals surface area contributed by atoms with Gasteiger partial charge in [-0.15, -0.1) is 0 Å². The number of carbonyl (C=O) groups excluding carboxylic acids is 1. The molecule has 0 aliphatic carbocycles. The first-order valence-corrected chi connectivity index (χ1v) is 10.8. The maximum atomic E-state index is 13.0. The first-order chi connectivity index (χ1) is 14.5. The Balaban J connectivity index is 1.56. The van der Waals surface area contributed by atoms with E-state index in [1.165, 1.54) is 24.2 Å². The summed E-state index contributed by atoms with van der Waals surface area (Å²) in [7, 11) is 0. The number of aryl methyl sites for hydroxylation is 2. The number of thioether (sulfide) groups is 1. The molecule has 0 saturated carbocycles. The molecule has 0 bridgehead atoms. The third-order valence-electron chi connectivity index (χ3n) is 4.81. The monoisotopic (exact) mass is 425 g/mol. The Morgan fingerprint density at radius 1 is 1.23 bits per heavy atom. The first-order valence-electron chi connectivity index (χ1n) is 9.84. The Kier molecular flexibility index (Phi) is 6.10. The van der Waals surface area contributed by atoms with Crippen LogP contribution in [0, 0.1) is 13.8 Å². The van der Waals surface area contributed by atoms with Crippen molar-refractivity contribution in [2.24, 2.45) is 0 Å². The van der Waals surface area contributed by atoms with Crippen molar-refractivity contribution in [2.45, 2.75) is 44.5 Å². The molecule has 1 saturated heterocycles. The van der Waals surface area contributed by atoms with Gasteiger partial charge in [0.15, 0.2) is 16.3 Å². The lowest BCUT2D eigenvalue weighted by atomic mass is 10.1. The molecule has 30 heavy (non-hydrogen) atoms. The summed E-state index contributed by atoms with van der Waals surface area (Å²) in [5.41, 5.74) is 3.16. The molecule has 9 heteroatoms. The van der Waals surface area contributed by atoms with Crippen molar-refractivity contribution in [3.8, 4) is 0 Å². The summed E-state index contributed by atoms with van der Waals surface area (Å²) >= 11 is 1.21. The maximum absolute atomic E-state index is 13.0. The lowest BCUT2D eigenvalue weighted by molar-refractivity contribution is -0.113. The fourth-order valence-electron chi connectivity index (χ4n) is 3.57. The molecule has 1 amide bonds. The molecule has 156 valence electrons. The van der Waals surface area contributed by atoms with E-state index in [2.05, 4.69) is 20.3 Å². The van der Waals surface area contributed by atoms with Gasteiger partial charge < -0.3 is 10.1 Å². The van der Waals surface area contributed by atoms with Crippen molar-refractivity contribution in [1.29, 1.82) is 0 Å². The highest BCUT2D eigenvalue weighted by Gasteiger charge is 2.21. The molecule has 3 heterocycles. The molecule has 1 fully saturated rings. The third kappa shape index (κ3) is 4.68. The average molecular weight is 426 g/mol. The largest absolute Gasteiger partial charge is 0.376 e. The van der Waals surface area contributed by atoms with Crippen LogP contribution in [0.4, 0.5) is 5.69 Å². The van der Waals surface area contributed by atoms with Crippen LogP contribution in [0.15, 0.2) is 40.5 Å². The van der Waals surface area contributed by atoms with Crippen molar-refractivity contribution in [2.75, 3.05) is 17.7 Å². The van der Waals surface area contributed by atoms with Crippen LogP contribution in [-0.2, 0) is 16.1 Å². The Morgan fingerprint density at radius 2 is 2.00 bits per heavy atom. The Bertz CT molecular complexity index is 1120. The zero-order chi connectivity index (χ0) is 21.1. The van der Waals surface area contributed by atoms with Crippen LogP contribution < -0.4 is 10.9 Å². The molecule has 0 spiro atoms. The summed E-state index contributed by atoms with van der Waals surface area (Å²) in [5, 5.41) is 3.35. The highest BCUT2D eigenvalue weighted by molar-refractivity contribution is 7.99. The van der Waals surface area contributed by atoms with Gasteiger partial charge in [0, 0.05) is 24.7 Å². The summed E-state index contributed by atoms with van der Waals surface area (Å²) in [4.78, 5) is 38.3. The van der Waals surface area contributed by atoms with Crippen LogP contribution >= 0.6 is 11.8 Å². The zero-order valence-electron chi connectivity index (χ0n) is 16.9. The maximum Gasteiger partial charge on any atom is 0.282 e. The van der Waals surface area contributed by atoms with Gasteiger partial charge >= 0.3 is 0 Å². The number of aromatic nitrogens is 4. The molecule has 8 nitrogen and oxygen atoms in total. The smallest absolute Gasteiger partial charge is 0.282 e. The van der Waals surface area contributed by atoms with Crippen LogP contribution in [0.3, 0.4) is 0 Å². The summed E-state index contributed by atoms with van der Waals surface area (Å²) in [6, 6.07) is 5.90. The van der Waals surface area contributed by atoms with E-state index >= 15 is 0 Å². The minimum atomic E-state index is -0.263. The number of nitrogens with zero attached hydrogens (tertiary/aromatic N) is 4. The second-order valence-corrected chi connectivity index (χ2v) is 8.33. The van der Waals surface area contributed by atoms with Crippen molar-refractivity contribution in [1.82, 2.24) is 19.5 Å². The molecule has 1 atom stereocenters. The second kappa shape index (κ2) is 8.93. The van der Waals surface area contributed by atoms with Crippen molar-refractivity contribution < 1.29 is 9.53 Å². The van der Waals surface area contributed by atoms with Gasteiger partial charge in [-0.3, -0.25) is 14.2 Å².